The Labute approximate surface area is 116 Å². The minimum atomic E-state index is -0.402. The molecule has 0 aromatic heterocycles. The van der Waals surface area contributed by atoms with E-state index in [0.29, 0.717) is 5.56 Å². The van der Waals surface area contributed by atoms with Crippen LogP contribution >= 0.6 is 11.8 Å². The molecule has 19 heavy (non-hydrogen) atoms. The molecule has 0 aliphatic carbocycles. The van der Waals surface area contributed by atoms with Crippen LogP contribution in [0.3, 0.4) is 0 Å². The summed E-state index contributed by atoms with van der Waals surface area (Å²) in [5.41, 5.74) is 1.49. The zero-order valence-electron chi connectivity index (χ0n) is 10.9. The summed E-state index contributed by atoms with van der Waals surface area (Å²) in [4.78, 5) is 1.16. The SMILES string of the molecule is CSc1cccc(NC(C)c2ccc(O)cc2F)c1. The molecule has 0 radical (unpaired) electrons. The number of rotatable bonds is 4. The standard InChI is InChI=1S/C15H16FNOS/c1-10(14-7-6-12(18)9-15(14)16)17-11-4-3-5-13(8-11)19-2/h3-10,17-18H,1-2H3. The molecule has 100 valence electrons. The molecule has 2 aromatic carbocycles. The Balaban J connectivity index is 2.17. The summed E-state index contributed by atoms with van der Waals surface area (Å²) >= 11 is 1.66. The first kappa shape index (κ1) is 13.7. The summed E-state index contributed by atoms with van der Waals surface area (Å²) in [5, 5.41) is 12.5. The van der Waals surface area contributed by atoms with Crippen molar-refractivity contribution in [3.63, 3.8) is 0 Å². The third kappa shape index (κ3) is 3.41. The Kier molecular flexibility index (Phi) is 4.32. The second-order valence-corrected chi connectivity index (χ2v) is 5.18. The maximum Gasteiger partial charge on any atom is 0.132 e. The summed E-state index contributed by atoms with van der Waals surface area (Å²) in [5.74, 6) is -0.459. The highest BCUT2D eigenvalue weighted by Crippen LogP contribution is 2.26. The maximum absolute atomic E-state index is 13.7. The van der Waals surface area contributed by atoms with Crippen LogP contribution < -0.4 is 5.32 Å². The number of phenols is 1. The minimum absolute atomic E-state index is 0.0576. The van der Waals surface area contributed by atoms with Crippen molar-refractivity contribution in [3.8, 4) is 5.75 Å². The van der Waals surface area contributed by atoms with Gasteiger partial charge in [0.05, 0.1) is 6.04 Å². The van der Waals surface area contributed by atoms with Gasteiger partial charge < -0.3 is 10.4 Å². The van der Waals surface area contributed by atoms with Gasteiger partial charge in [0.25, 0.3) is 0 Å². The number of hydrogen-bond acceptors (Lipinski definition) is 3. The van der Waals surface area contributed by atoms with E-state index < -0.39 is 5.82 Å². The molecule has 2 rings (SSSR count). The normalized spacial score (nSPS) is 12.2. The van der Waals surface area contributed by atoms with Gasteiger partial charge in [0.15, 0.2) is 0 Å². The minimum Gasteiger partial charge on any atom is -0.508 e. The molecule has 0 saturated heterocycles. The van der Waals surface area contributed by atoms with E-state index in [1.807, 2.05) is 37.4 Å². The first-order valence-electron chi connectivity index (χ1n) is 5.99. The van der Waals surface area contributed by atoms with Crippen LogP contribution in [0, 0.1) is 5.82 Å². The topological polar surface area (TPSA) is 32.3 Å². The van der Waals surface area contributed by atoms with E-state index >= 15 is 0 Å². The fourth-order valence-electron chi connectivity index (χ4n) is 1.91. The van der Waals surface area contributed by atoms with Crippen LogP contribution in [0.1, 0.15) is 18.5 Å². The largest absolute Gasteiger partial charge is 0.508 e. The molecule has 0 amide bonds. The molecule has 0 heterocycles. The van der Waals surface area contributed by atoms with E-state index in [4.69, 9.17) is 0 Å². The van der Waals surface area contributed by atoms with Crippen LogP contribution in [0.25, 0.3) is 0 Å². The van der Waals surface area contributed by atoms with Crippen LogP contribution in [0.4, 0.5) is 10.1 Å². The van der Waals surface area contributed by atoms with Crippen molar-refractivity contribution in [2.24, 2.45) is 0 Å². The molecule has 0 fully saturated rings. The first-order chi connectivity index (χ1) is 9.10. The number of thioether (sulfide) groups is 1. The average molecular weight is 277 g/mol. The lowest BCUT2D eigenvalue weighted by atomic mass is 10.1. The highest BCUT2D eigenvalue weighted by atomic mass is 32.2. The number of aromatic hydroxyl groups is 1. The summed E-state index contributed by atoms with van der Waals surface area (Å²) in [6, 6.07) is 12.0. The fourth-order valence-corrected chi connectivity index (χ4v) is 2.37. The summed E-state index contributed by atoms with van der Waals surface area (Å²) in [7, 11) is 0. The molecule has 0 saturated carbocycles. The van der Waals surface area contributed by atoms with E-state index in [9.17, 15) is 9.50 Å². The number of nitrogens with one attached hydrogen (secondary N) is 1. The Morgan fingerprint density at radius 2 is 2.00 bits per heavy atom. The molecule has 2 nitrogen and oxygen atoms in total. The molecule has 2 aromatic rings. The van der Waals surface area contributed by atoms with Gasteiger partial charge in [-0.25, -0.2) is 4.39 Å². The summed E-state index contributed by atoms with van der Waals surface area (Å²) < 4.78 is 13.7. The average Bonchev–Trinajstić information content (AvgIpc) is 2.38. The third-order valence-corrected chi connectivity index (χ3v) is 3.63. The fraction of sp³-hybridized carbons (Fsp3) is 0.200. The highest BCUT2D eigenvalue weighted by molar-refractivity contribution is 7.98. The van der Waals surface area contributed by atoms with E-state index in [1.54, 1.807) is 17.8 Å². The van der Waals surface area contributed by atoms with Crippen molar-refractivity contribution >= 4 is 17.4 Å². The highest BCUT2D eigenvalue weighted by Gasteiger charge is 2.11. The lowest BCUT2D eigenvalue weighted by molar-refractivity contribution is 0.467. The number of halogens is 1. The molecule has 0 aliphatic heterocycles. The van der Waals surface area contributed by atoms with Crippen molar-refractivity contribution in [2.75, 3.05) is 11.6 Å². The van der Waals surface area contributed by atoms with E-state index in [0.717, 1.165) is 16.6 Å². The molecular formula is C15H16FNOS. The molecule has 0 spiro atoms. The lowest BCUT2D eigenvalue weighted by Crippen LogP contribution is -2.08. The number of phenolic OH excluding ortho intramolecular Hbond substituents is 1. The van der Waals surface area contributed by atoms with E-state index in [1.165, 1.54) is 6.07 Å². The van der Waals surface area contributed by atoms with Crippen LogP contribution in [-0.4, -0.2) is 11.4 Å². The maximum atomic E-state index is 13.7. The second-order valence-electron chi connectivity index (χ2n) is 4.30. The van der Waals surface area contributed by atoms with Crippen molar-refractivity contribution in [1.82, 2.24) is 0 Å². The van der Waals surface area contributed by atoms with Crippen molar-refractivity contribution in [2.45, 2.75) is 17.9 Å². The third-order valence-electron chi connectivity index (χ3n) is 2.90. The Hall–Kier alpha value is -1.68. The summed E-state index contributed by atoms with van der Waals surface area (Å²) in [6.07, 6.45) is 2.02. The van der Waals surface area contributed by atoms with Crippen LogP contribution in [-0.2, 0) is 0 Å². The van der Waals surface area contributed by atoms with Gasteiger partial charge in [0.2, 0.25) is 0 Å². The predicted molar refractivity (Wildman–Crippen MR) is 78.3 cm³/mol. The lowest BCUT2D eigenvalue weighted by Gasteiger charge is -2.17. The Bertz CT molecular complexity index is 574. The monoisotopic (exact) mass is 277 g/mol. The van der Waals surface area contributed by atoms with Gasteiger partial charge in [-0.1, -0.05) is 12.1 Å². The first-order valence-corrected chi connectivity index (χ1v) is 7.21. The number of benzene rings is 2. The molecule has 2 N–H and O–H groups in total. The van der Waals surface area contributed by atoms with Gasteiger partial charge in [-0.2, -0.15) is 0 Å². The molecule has 0 aliphatic rings. The Morgan fingerprint density at radius 1 is 1.21 bits per heavy atom. The van der Waals surface area contributed by atoms with Crippen LogP contribution in [0.5, 0.6) is 5.75 Å². The molecule has 1 unspecified atom stereocenters. The Morgan fingerprint density at radius 3 is 2.68 bits per heavy atom. The zero-order chi connectivity index (χ0) is 13.8. The van der Waals surface area contributed by atoms with Crippen LogP contribution in [0.2, 0.25) is 0 Å². The molecule has 4 heteroatoms. The van der Waals surface area contributed by atoms with Gasteiger partial charge in [-0.15, -0.1) is 11.8 Å². The van der Waals surface area contributed by atoms with Crippen molar-refractivity contribution in [1.29, 1.82) is 0 Å². The van der Waals surface area contributed by atoms with E-state index in [2.05, 4.69) is 5.32 Å². The predicted octanol–water partition coefficient (Wildman–Crippen LogP) is 4.43. The van der Waals surface area contributed by atoms with Crippen LogP contribution in [0.15, 0.2) is 47.4 Å². The zero-order valence-corrected chi connectivity index (χ0v) is 11.7. The molecular weight excluding hydrogens is 261 g/mol. The van der Waals surface area contributed by atoms with Gasteiger partial charge in [-0.05, 0) is 37.4 Å². The van der Waals surface area contributed by atoms with Gasteiger partial charge in [0.1, 0.15) is 11.6 Å². The molecule has 0 bridgehead atoms. The number of hydrogen-bond donors (Lipinski definition) is 2. The van der Waals surface area contributed by atoms with E-state index in [-0.39, 0.29) is 11.8 Å². The van der Waals surface area contributed by atoms with Gasteiger partial charge in [-0.3, -0.25) is 0 Å². The van der Waals surface area contributed by atoms with Gasteiger partial charge in [0, 0.05) is 22.2 Å². The van der Waals surface area contributed by atoms with Gasteiger partial charge >= 0.3 is 0 Å². The summed E-state index contributed by atoms with van der Waals surface area (Å²) in [6.45, 7) is 1.89. The quantitative estimate of drug-likeness (QED) is 0.811. The smallest absolute Gasteiger partial charge is 0.132 e. The molecule has 1 atom stereocenters. The second kappa shape index (κ2) is 5.97. The number of anilines is 1. The van der Waals surface area contributed by atoms with Crippen molar-refractivity contribution in [3.05, 3.63) is 53.8 Å². The van der Waals surface area contributed by atoms with Crippen molar-refractivity contribution < 1.29 is 9.50 Å².